The Morgan fingerprint density at radius 2 is 1.88 bits per heavy atom. The zero-order valence-corrected chi connectivity index (χ0v) is 19.3. The number of fused-ring (bicyclic) bond motifs is 2. The van der Waals surface area contributed by atoms with Crippen LogP contribution in [0.4, 0.5) is 0 Å². The van der Waals surface area contributed by atoms with Crippen molar-refractivity contribution in [3.8, 4) is 22.6 Å². The number of rotatable bonds is 4. The van der Waals surface area contributed by atoms with Gasteiger partial charge in [-0.3, -0.25) is 9.78 Å². The number of aromatic nitrogens is 1. The monoisotopic (exact) mass is 478 g/mol. The molecule has 3 aromatic carbocycles. The van der Waals surface area contributed by atoms with Gasteiger partial charge in [0.05, 0.1) is 25.3 Å². The Morgan fingerprint density at radius 1 is 1.09 bits per heavy atom. The molecule has 7 heteroatoms. The minimum Gasteiger partial charge on any atom is -0.495 e. The Kier molecular flexibility index (Phi) is 5.83. The highest BCUT2D eigenvalue weighted by Crippen LogP contribution is 2.37. The van der Waals surface area contributed by atoms with Crippen LogP contribution in [0.5, 0.6) is 11.5 Å². The summed E-state index contributed by atoms with van der Waals surface area (Å²) < 4.78 is 11.4. The van der Waals surface area contributed by atoms with E-state index in [4.69, 9.17) is 32.7 Å². The standard InChI is InChI=1S/C26H20Cl2N2O3/c1-32-25-20-7-4-6-18(15-11-16(27)13-17(28)12-15)24(20)29-14-21(25)26(31)30-22-9-10-33-23-8-3-2-5-19(22)23/h2-8,11-14,22H,9-10H2,1H3,(H,30,31). The highest BCUT2D eigenvalue weighted by Gasteiger charge is 2.25. The topological polar surface area (TPSA) is 60.5 Å². The van der Waals surface area contributed by atoms with Gasteiger partial charge in [0, 0.05) is 39.2 Å². The summed E-state index contributed by atoms with van der Waals surface area (Å²) in [6, 6.07) is 18.7. The molecule has 0 saturated heterocycles. The Morgan fingerprint density at radius 3 is 2.67 bits per heavy atom. The van der Waals surface area contributed by atoms with Crippen LogP contribution in [-0.2, 0) is 0 Å². The van der Waals surface area contributed by atoms with Crippen LogP contribution in [0, 0.1) is 0 Å². The molecule has 0 radical (unpaired) electrons. The molecular formula is C26H20Cl2N2O3. The first-order valence-electron chi connectivity index (χ1n) is 10.5. The molecule has 0 fully saturated rings. The zero-order valence-electron chi connectivity index (χ0n) is 17.8. The fourth-order valence-electron chi connectivity index (χ4n) is 4.25. The summed E-state index contributed by atoms with van der Waals surface area (Å²) in [6.45, 7) is 0.542. The maximum absolute atomic E-state index is 13.3. The number of hydrogen-bond donors (Lipinski definition) is 1. The van der Waals surface area contributed by atoms with Crippen LogP contribution in [0.3, 0.4) is 0 Å². The van der Waals surface area contributed by atoms with E-state index in [2.05, 4.69) is 10.3 Å². The van der Waals surface area contributed by atoms with E-state index < -0.39 is 0 Å². The highest BCUT2D eigenvalue weighted by atomic mass is 35.5. The lowest BCUT2D eigenvalue weighted by molar-refractivity contribution is 0.0921. The molecule has 1 atom stereocenters. The molecule has 0 aliphatic carbocycles. The molecule has 0 bridgehead atoms. The molecule has 1 amide bonds. The number of benzene rings is 3. The van der Waals surface area contributed by atoms with Gasteiger partial charge in [-0.15, -0.1) is 0 Å². The van der Waals surface area contributed by atoms with E-state index in [0.29, 0.717) is 39.9 Å². The maximum Gasteiger partial charge on any atom is 0.257 e. The molecule has 5 nitrogen and oxygen atoms in total. The van der Waals surface area contributed by atoms with Crippen molar-refractivity contribution >= 4 is 40.0 Å². The molecule has 166 valence electrons. The molecule has 33 heavy (non-hydrogen) atoms. The average molecular weight is 479 g/mol. The minimum absolute atomic E-state index is 0.150. The lowest BCUT2D eigenvalue weighted by Crippen LogP contribution is -2.32. The van der Waals surface area contributed by atoms with Crippen molar-refractivity contribution in [2.24, 2.45) is 0 Å². The first-order valence-corrected chi connectivity index (χ1v) is 11.3. The largest absolute Gasteiger partial charge is 0.495 e. The van der Waals surface area contributed by atoms with Crippen molar-refractivity contribution in [3.05, 3.63) is 88.0 Å². The smallest absolute Gasteiger partial charge is 0.257 e. The molecule has 1 aliphatic heterocycles. The van der Waals surface area contributed by atoms with E-state index in [1.165, 1.54) is 0 Å². The predicted octanol–water partition coefficient (Wildman–Crippen LogP) is 6.47. The lowest BCUT2D eigenvalue weighted by atomic mass is 9.99. The molecule has 1 N–H and O–H groups in total. The molecule has 0 spiro atoms. The van der Waals surface area contributed by atoms with E-state index in [-0.39, 0.29) is 11.9 Å². The van der Waals surface area contributed by atoms with Gasteiger partial charge >= 0.3 is 0 Å². The predicted molar refractivity (Wildman–Crippen MR) is 131 cm³/mol. The number of pyridine rings is 1. The number of ether oxygens (including phenoxy) is 2. The lowest BCUT2D eigenvalue weighted by Gasteiger charge is -2.27. The second-order valence-corrected chi connectivity index (χ2v) is 8.64. The van der Waals surface area contributed by atoms with Crippen molar-refractivity contribution < 1.29 is 14.3 Å². The second-order valence-electron chi connectivity index (χ2n) is 7.77. The number of amides is 1. The van der Waals surface area contributed by atoms with Crippen molar-refractivity contribution in [3.63, 3.8) is 0 Å². The van der Waals surface area contributed by atoms with Gasteiger partial charge in [-0.1, -0.05) is 53.5 Å². The molecule has 4 aromatic rings. The third-order valence-electron chi connectivity index (χ3n) is 5.73. The van der Waals surface area contributed by atoms with Crippen LogP contribution in [0.15, 0.2) is 66.9 Å². The fraction of sp³-hybridized carbons (Fsp3) is 0.154. The van der Waals surface area contributed by atoms with Crippen LogP contribution in [0.2, 0.25) is 10.0 Å². The Bertz CT molecular complexity index is 1350. The van der Waals surface area contributed by atoms with Crippen LogP contribution < -0.4 is 14.8 Å². The van der Waals surface area contributed by atoms with Gasteiger partial charge in [-0.25, -0.2) is 0 Å². The summed E-state index contributed by atoms with van der Waals surface area (Å²) in [5.74, 6) is 1.01. The van der Waals surface area contributed by atoms with E-state index in [9.17, 15) is 4.79 Å². The van der Waals surface area contributed by atoms with Crippen molar-refractivity contribution in [1.29, 1.82) is 0 Å². The van der Waals surface area contributed by atoms with Gasteiger partial charge in [0.25, 0.3) is 5.91 Å². The third-order valence-corrected chi connectivity index (χ3v) is 6.17. The Balaban J connectivity index is 1.54. The summed E-state index contributed by atoms with van der Waals surface area (Å²) in [4.78, 5) is 17.9. The summed E-state index contributed by atoms with van der Waals surface area (Å²) in [7, 11) is 1.55. The van der Waals surface area contributed by atoms with Gasteiger partial charge in [0.1, 0.15) is 17.1 Å². The molecular weight excluding hydrogens is 459 g/mol. The molecule has 1 unspecified atom stereocenters. The average Bonchev–Trinajstić information content (AvgIpc) is 2.82. The van der Waals surface area contributed by atoms with Gasteiger partial charge < -0.3 is 14.8 Å². The quantitative estimate of drug-likeness (QED) is 0.365. The Labute approximate surface area is 201 Å². The number of carbonyl (C=O) groups excluding carboxylic acids is 1. The normalized spacial score (nSPS) is 14.9. The van der Waals surface area contributed by atoms with Gasteiger partial charge in [0.2, 0.25) is 0 Å². The van der Waals surface area contributed by atoms with Gasteiger partial charge in [0.15, 0.2) is 0 Å². The van der Waals surface area contributed by atoms with Gasteiger partial charge in [-0.2, -0.15) is 0 Å². The number of nitrogens with one attached hydrogen (secondary N) is 1. The highest BCUT2D eigenvalue weighted by molar-refractivity contribution is 6.35. The van der Waals surface area contributed by atoms with Gasteiger partial charge in [-0.05, 0) is 35.9 Å². The number of halogens is 2. The first-order chi connectivity index (χ1) is 16.0. The Hall–Kier alpha value is -3.28. The number of para-hydroxylation sites is 2. The van der Waals surface area contributed by atoms with E-state index in [0.717, 1.165) is 27.8 Å². The third kappa shape index (κ3) is 4.10. The van der Waals surface area contributed by atoms with Crippen molar-refractivity contribution in [1.82, 2.24) is 10.3 Å². The number of methoxy groups -OCH3 is 1. The van der Waals surface area contributed by atoms with Crippen molar-refractivity contribution in [2.45, 2.75) is 12.5 Å². The minimum atomic E-state index is -0.251. The van der Waals surface area contributed by atoms with E-state index in [1.807, 2.05) is 54.6 Å². The SMILES string of the molecule is COc1c(C(=O)NC2CCOc3ccccc32)cnc2c(-c3cc(Cl)cc(Cl)c3)cccc12. The fourth-order valence-corrected chi connectivity index (χ4v) is 4.78. The van der Waals surface area contributed by atoms with E-state index >= 15 is 0 Å². The number of carbonyl (C=O) groups is 1. The van der Waals surface area contributed by atoms with Crippen molar-refractivity contribution in [2.75, 3.05) is 13.7 Å². The molecule has 2 heterocycles. The maximum atomic E-state index is 13.3. The second kappa shape index (κ2) is 8.93. The van der Waals surface area contributed by atoms with Crippen LogP contribution in [0.1, 0.15) is 28.4 Å². The molecule has 0 saturated carbocycles. The van der Waals surface area contributed by atoms with Crippen LogP contribution >= 0.6 is 23.2 Å². The zero-order chi connectivity index (χ0) is 22.9. The number of nitrogens with zero attached hydrogens (tertiary/aromatic N) is 1. The molecule has 1 aliphatic rings. The van der Waals surface area contributed by atoms with Crippen LogP contribution in [-0.4, -0.2) is 24.6 Å². The summed E-state index contributed by atoms with van der Waals surface area (Å²) in [5, 5.41) is 4.92. The molecule has 5 rings (SSSR count). The summed E-state index contributed by atoms with van der Waals surface area (Å²) in [6.07, 6.45) is 2.24. The number of hydrogen-bond acceptors (Lipinski definition) is 4. The summed E-state index contributed by atoms with van der Waals surface area (Å²) >= 11 is 12.4. The summed E-state index contributed by atoms with van der Waals surface area (Å²) in [5.41, 5.74) is 3.71. The first kappa shape index (κ1) is 21.6. The van der Waals surface area contributed by atoms with Crippen LogP contribution in [0.25, 0.3) is 22.0 Å². The molecule has 1 aromatic heterocycles. The van der Waals surface area contributed by atoms with E-state index in [1.54, 1.807) is 19.4 Å².